The van der Waals surface area contributed by atoms with Crippen molar-refractivity contribution in [3.05, 3.63) is 30.1 Å². The van der Waals surface area contributed by atoms with Crippen LogP contribution < -0.4 is 5.32 Å². The molecule has 0 aromatic heterocycles. The molecule has 0 radical (unpaired) electrons. The number of nitrogens with one attached hydrogen (secondary N) is 1. The summed E-state index contributed by atoms with van der Waals surface area (Å²) in [6.45, 7) is 4.71. The molecule has 170 valence electrons. The van der Waals surface area contributed by atoms with Crippen molar-refractivity contribution >= 4 is 11.5 Å². The molecular weight excluding hydrogens is 389 g/mol. The van der Waals surface area contributed by atoms with Crippen molar-refractivity contribution in [1.29, 1.82) is 0 Å². The Morgan fingerprint density at radius 2 is 1.87 bits per heavy atom. The Labute approximate surface area is 186 Å². The lowest BCUT2D eigenvalue weighted by Crippen LogP contribution is -2.51. The quantitative estimate of drug-likeness (QED) is 0.636. The third-order valence-corrected chi connectivity index (χ3v) is 9.92. The first kappa shape index (κ1) is 21.4. The second-order valence-electron chi connectivity index (χ2n) is 11.7. The van der Waals surface area contributed by atoms with Crippen LogP contribution in [0.4, 0.5) is 10.1 Å². The number of carbonyl (C=O) groups excluding carboxylic acids is 1. The van der Waals surface area contributed by atoms with E-state index in [9.17, 15) is 14.3 Å². The van der Waals surface area contributed by atoms with Crippen LogP contribution in [0, 0.1) is 46.7 Å². The van der Waals surface area contributed by atoms with Crippen LogP contribution in [-0.4, -0.2) is 23.0 Å². The van der Waals surface area contributed by atoms with Crippen LogP contribution >= 0.6 is 0 Å². The normalized spacial score (nSPS) is 44.1. The average molecular weight is 428 g/mol. The molecule has 4 aliphatic carbocycles. The molecule has 0 saturated heterocycles. The first-order chi connectivity index (χ1) is 14.8. The SMILES string of the molecule is C[C@@]1(O)CC[C@H]2[C@H](CC[C@@H]3[C@@H]2CC[C@]2(C)[C@@H](C(=O)CNc4cccc(F)c4)CC[C@@H]32)C1. The summed E-state index contributed by atoms with van der Waals surface area (Å²) < 4.78 is 13.5. The molecule has 0 heterocycles. The number of ketones is 1. The van der Waals surface area contributed by atoms with Crippen LogP contribution in [0.15, 0.2) is 24.3 Å². The molecule has 31 heavy (non-hydrogen) atoms. The van der Waals surface area contributed by atoms with Gasteiger partial charge in [-0.3, -0.25) is 4.79 Å². The zero-order valence-corrected chi connectivity index (χ0v) is 19.1. The van der Waals surface area contributed by atoms with E-state index in [4.69, 9.17) is 0 Å². The Balaban J connectivity index is 1.26. The minimum absolute atomic E-state index is 0.120. The highest BCUT2D eigenvalue weighted by molar-refractivity contribution is 5.86. The Hall–Kier alpha value is -1.42. The molecule has 0 spiro atoms. The van der Waals surface area contributed by atoms with Gasteiger partial charge in [0, 0.05) is 11.6 Å². The molecule has 8 atom stereocenters. The van der Waals surface area contributed by atoms with Gasteiger partial charge in [-0.15, -0.1) is 0 Å². The molecule has 5 rings (SSSR count). The molecule has 0 aliphatic heterocycles. The molecule has 2 N–H and O–H groups in total. The van der Waals surface area contributed by atoms with E-state index in [1.54, 1.807) is 6.07 Å². The van der Waals surface area contributed by atoms with Gasteiger partial charge in [-0.25, -0.2) is 4.39 Å². The van der Waals surface area contributed by atoms with E-state index >= 15 is 0 Å². The number of fused-ring (bicyclic) bond motifs is 5. The predicted octanol–water partition coefficient (Wildman–Crippen LogP) is 5.83. The molecule has 1 aromatic rings. The number of benzene rings is 1. The molecule has 3 nitrogen and oxygen atoms in total. The minimum Gasteiger partial charge on any atom is -0.390 e. The maximum absolute atomic E-state index is 13.5. The standard InChI is InChI=1S/C27H38FNO2/c1-26(31)12-10-20-17(15-26)6-7-22-21(20)11-13-27(2)23(22)8-9-24(27)25(30)16-29-19-5-3-4-18(28)14-19/h3-5,14,17,20-24,29,31H,6-13,15-16H2,1-2H3/t17-,20+,21-,22-,23+,24-,26-,27+/m1/s1. The van der Waals surface area contributed by atoms with Gasteiger partial charge in [0.1, 0.15) is 5.82 Å². The van der Waals surface area contributed by atoms with Crippen LogP contribution in [-0.2, 0) is 4.79 Å². The largest absolute Gasteiger partial charge is 0.390 e. The number of halogens is 1. The molecule has 1 aromatic carbocycles. The van der Waals surface area contributed by atoms with Crippen LogP contribution in [0.3, 0.4) is 0 Å². The molecule has 4 aliphatic rings. The maximum Gasteiger partial charge on any atom is 0.155 e. The van der Waals surface area contributed by atoms with E-state index in [1.807, 2.05) is 13.0 Å². The van der Waals surface area contributed by atoms with Gasteiger partial charge in [0.05, 0.1) is 12.1 Å². The summed E-state index contributed by atoms with van der Waals surface area (Å²) in [4.78, 5) is 13.2. The lowest BCUT2D eigenvalue weighted by molar-refractivity contribution is -0.130. The van der Waals surface area contributed by atoms with Gasteiger partial charge in [0.25, 0.3) is 0 Å². The molecule has 0 unspecified atom stereocenters. The highest BCUT2D eigenvalue weighted by Crippen LogP contribution is 2.64. The lowest BCUT2D eigenvalue weighted by atomic mass is 9.49. The van der Waals surface area contributed by atoms with E-state index in [1.165, 1.54) is 44.2 Å². The highest BCUT2D eigenvalue weighted by Gasteiger charge is 2.58. The summed E-state index contributed by atoms with van der Waals surface area (Å²) in [5.74, 6) is 3.86. The van der Waals surface area contributed by atoms with Gasteiger partial charge in [-0.2, -0.15) is 0 Å². The number of hydrogen-bond acceptors (Lipinski definition) is 3. The first-order valence-corrected chi connectivity index (χ1v) is 12.5. The van der Waals surface area contributed by atoms with Gasteiger partial charge in [-0.1, -0.05) is 13.0 Å². The summed E-state index contributed by atoms with van der Waals surface area (Å²) in [5, 5.41) is 13.7. The van der Waals surface area contributed by atoms with Crippen molar-refractivity contribution in [2.45, 2.75) is 77.2 Å². The Morgan fingerprint density at radius 1 is 1.06 bits per heavy atom. The van der Waals surface area contributed by atoms with Crippen LogP contribution in [0.25, 0.3) is 0 Å². The van der Waals surface area contributed by atoms with E-state index in [-0.39, 0.29) is 17.2 Å². The Bertz CT molecular complexity index is 838. The van der Waals surface area contributed by atoms with E-state index < -0.39 is 5.60 Å². The smallest absolute Gasteiger partial charge is 0.155 e. The molecule has 4 fully saturated rings. The third-order valence-electron chi connectivity index (χ3n) is 9.92. The van der Waals surface area contributed by atoms with Crippen molar-refractivity contribution < 1.29 is 14.3 Å². The summed E-state index contributed by atoms with van der Waals surface area (Å²) >= 11 is 0. The number of anilines is 1. The second kappa shape index (κ2) is 7.86. The van der Waals surface area contributed by atoms with Crippen molar-refractivity contribution in [2.24, 2.45) is 40.9 Å². The highest BCUT2D eigenvalue weighted by atomic mass is 19.1. The van der Waals surface area contributed by atoms with Crippen molar-refractivity contribution in [3.63, 3.8) is 0 Å². The Kier molecular flexibility index (Phi) is 5.44. The summed E-state index contributed by atoms with van der Waals surface area (Å²) in [7, 11) is 0. The first-order valence-electron chi connectivity index (χ1n) is 12.5. The Morgan fingerprint density at radius 3 is 2.68 bits per heavy atom. The molecule has 4 heteroatoms. The predicted molar refractivity (Wildman–Crippen MR) is 121 cm³/mol. The van der Waals surface area contributed by atoms with Crippen LogP contribution in [0.2, 0.25) is 0 Å². The van der Waals surface area contributed by atoms with Crippen LogP contribution in [0.1, 0.15) is 71.6 Å². The average Bonchev–Trinajstić information content (AvgIpc) is 3.08. The monoisotopic (exact) mass is 427 g/mol. The van der Waals surface area contributed by atoms with Crippen molar-refractivity contribution in [1.82, 2.24) is 0 Å². The summed E-state index contributed by atoms with van der Waals surface area (Å²) in [6.07, 6.45) is 10.3. The van der Waals surface area contributed by atoms with Crippen LogP contribution in [0.5, 0.6) is 0 Å². The van der Waals surface area contributed by atoms with Crippen molar-refractivity contribution in [3.8, 4) is 0 Å². The number of Topliss-reactive ketones (excluding diaryl/α,β-unsaturated/α-hetero) is 1. The number of aliphatic hydroxyl groups is 1. The number of rotatable bonds is 4. The van der Waals surface area contributed by atoms with Gasteiger partial charge in [-0.05, 0) is 118 Å². The van der Waals surface area contributed by atoms with Gasteiger partial charge in [0.15, 0.2) is 5.78 Å². The molecular formula is C27H38FNO2. The zero-order valence-electron chi connectivity index (χ0n) is 19.1. The van der Waals surface area contributed by atoms with Gasteiger partial charge >= 0.3 is 0 Å². The summed E-state index contributed by atoms with van der Waals surface area (Å²) in [5.41, 5.74) is 0.342. The lowest BCUT2D eigenvalue weighted by Gasteiger charge is -2.56. The fraction of sp³-hybridized carbons (Fsp3) is 0.741. The number of hydrogen-bond donors (Lipinski definition) is 2. The van der Waals surface area contributed by atoms with E-state index in [2.05, 4.69) is 12.2 Å². The van der Waals surface area contributed by atoms with Crippen molar-refractivity contribution in [2.75, 3.05) is 11.9 Å². The third kappa shape index (κ3) is 3.83. The summed E-state index contributed by atoms with van der Waals surface area (Å²) in [6, 6.07) is 6.38. The second-order valence-corrected chi connectivity index (χ2v) is 11.7. The topological polar surface area (TPSA) is 49.3 Å². The van der Waals surface area contributed by atoms with E-state index in [0.29, 0.717) is 29.9 Å². The fourth-order valence-electron chi connectivity index (χ4n) is 8.52. The maximum atomic E-state index is 13.5. The molecule has 0 amide bonds. The molecule has 4 saturated carbocycles. The fourth-order valence-corrected chi connectivity index (χ4v) is 8.52. The van der Waals surface area contributed by atoms with Gasteiger partial charge in [0.2, 0.25) is 0 Å². The molecule has 0 bridgehead atoms. The van der Waals surface area contributed by atoms with Gasteiger partial charge < -0.3 is 10.4 Å². The number of carbonyl (C=O) groups is 1. The minimum atomic E-state index is -0.462. The zero-order chi connectivity index (χ0) is 21.8. The van der Waals surface area contributed by atoms with E-state index in [0.717, 1.165) is 43.4 Å².